The molecule has 1 aromatic heterocycles. The average molecular weight is 183 g/mol. The third-order valence-electron chi connectivity index (χ3n) is 2.27. The Balaban J connectivity index is 2.93. The van der Waals surface area contributed by atoms with Gasteiger partial charge in [-0.05, 0) is 6.42 Å². The molecule has 1 heterocycles. The fourth-order valence-electron chi connectivity index (χ4n) is 1.37. The molecule has 0 bridgehead atoms. The van der Waals surface area contributed by atoms with E-state index < -0.39 is 0 Å². The number of hydrogen-bond donors (Lipinski definition) is 2. The van der Waals surface area contributed by atoms with Gasteiger partial charge in [-0.2, -0.15) is 0 Å². The van der Waals surface area contributed by atoms with Crippen molar-refractivity contribution in [2.75, 3.05) is 18.9 Å². The molecule has 0 amide bonds. The molecule has 1 rings (SSSR count). The van der Waals surface area contributed by atoms with E-state index in [1.807, 2.05) is 18.7 Å². The lowest BCUT2D eigenvalue weighted by molar-refractivity contribution is 0.602. The number of nitrogens with zero attached hydrogens (tertiary/aromatic N) is 3. The molecule has 3 N–H and O–H groups in total. The van der Waals surface area contributed by atoms with Gasteiger partial charge >= 0.3 is 0 Å². The van der Waals surface area contributed by atoms with E-state index in [1.54, 1.807) is 0 Å². The van der Waals surface area contributed by atoms with Crippen LogP contribution in [0.5, 0.6) is 0 Å². The van der Waals surface area contributed by atoms with Gasteiger partial charge in [-0.3, -0.25) is 0 Å². The summed E-state index contributed by atoms with van der Waals surface area (Å²) in [7, 11) is 3.77. The predicted molar refractivity (Wildman–Crippen MR) is 52.6 cm³/mol. The number of anilines is 1. The van der Waals surface area contributed by atoms with E-state index in [0.717, 1.165) is 18.2 Å². The molecule has 1 unspecified atom stereocenters. The van der Waals surface area contributed by atoms with Crippen molar-refractivity contribution >= 4 is 5.95 Å². The Morgan fingerprint density at radius 2 is 2.23 bits per heavy atom. The Kier molecular flexibility index (Phi) is 3.25. The molecule has 13 heavy (non-hydrogen) atoms. The molecule has 0 fully saturated rings. The molecule has 0 aliphatic carbocycles. The first-order valence-electron chi connectivity index (χ1n) is 4.51. The molecule has 0 saturated heterocycles. The van der Waals surface area contributed by atoms with Gasteiger partial charge in [-0.1, -0.05) is 6.92 Å². The van der Waals surface area contributed by atoms with Crippen LogP contribution in [0.1, 0.15) is 25.1 Å². The smallest absolute Gasteiger partial charge is 0.224 e. The zero-order valence-electron chi connectivity index (χ0n) is 8.41. The zero-order valence-corrected chi connectivity index (χ0v) is 8.41. The van der Waals surface area contributed by atoms with E-state index in [9.17, 15) is 0 Å². The van der Waals surface area contributed by atoms with Gasteiger partial charge in [0.1, 0.15) is 5.82 Å². The van der Waals surface area contributed by atoms with Gasteiger partial charge in [0.05, 0.1) is 0 Å². The van der Waals surface area contributed by atoms with Gasteiger partial charge in [0.2, 0.25) is 5.95 Å². The van der Waals surface area contributed by atoms with Crippen molar-refractivity contribution in [1.29, 1.82) is 0 Å². The van der Waals surface area contributed by atoms with Crippen molar-refractivity contribution in [3.8, 4) is 0 Å². The van der Waals surface area contributed by atoms with Crippen LogP contribution >= 0.6 is 0 Å². The highest BCUT2D eigenvalue weighted by atomic mass is 15.3. The molecule has 0 aliphatic rings. The van der Waals surface area contributed by atoms with Gasteiger partial charge in [0, 0.05) is 26.6 Å². The monoisotopic (exact) mass is 183 g/mol. The van der Waals surface area contributed by atoms with Gasteiger partial charge in [0.15, 0.2) is 0 Å². The van der Waals surface area contributed by atoms with Crippen LogP contribution in [0.15, 0.2) is 0 Å². The quantitative estimate of drug-likeness (QED) is 0.705. The van der Waals surface area contributed by atoms with Crippen molar-refractivity contribution in [1.82, 2.24) is 14.8 Å². The van der Waals surface area contributed by atoms with Crippen LogP contribution in [0.25, 0.3) is 0 Å². The molecule has 0 aliphatic heterocycles. The molecule has 5 nitrogen and oxygen atoms in total. The van der Waals surface area contributed by atoms with Gasteiger partial charge in [-0.15, -0.1) is 10.2 Å². The number of aromatic nitrogens is 3. The standard InChI is InChI=1S/C8H17N5/c1-4-6(5-9)7-11-12-8(10-2)13(7)3/h6H,4-5,9H2,1-3H3,(H,10,12). The number of rotatable bonds is 4. The molecular weight excluding hydrogens is 166 g/mol. The second-order valence-electron chi connectivity index (χ2n) is 3.03. The van der Waals surface area contributed by atoms with Crippen molar-refractivity contribution in [3.63, 3.8) is 0 Å². The summed E-state index contributed by atoms with van der Waals surface area (Å²) in [6.45, 7) is 2.72. The number of nitrogens with two attached hydrogens (primary N) is 1. The largest absolute Gasteiger partial charge is 0.357 e. The molecule has 0 aromatic carbocycles. The summed E-state index contributed by atoms with van der Waals surface area (Å²) in [5, 5.41) is 11.1. The molecule has 0 saturated carbocycles. The highest BCUT2D eigenvalue weighted by Crippen LogP contribution is 2.17. The number of nitrogens with one attached hydrogen (secondary N) is 1. The Hall–Kier alpha value is -1.10. The first-order chi connectivity index (χ1) is 6.24. The van der Waals surface area contributed by atoms with Crippen LogP contribution in [0.2, 0.25) is 0 Å². The third kappa shape index (κ3) is 1.80. The van der Waals surface area contributed by atoms with Gasteiger partial charge in [0.25, 0.3) is 0 Å². The fourth-order valence-corrected chi connectivity index (χ4v) is 1.37. The topological polar surface area (TPSA) is 68.8 Å². The van der Waals surface area contributed by atoms with Crippen molar-refractivity contribution in [2.45, 2.75) is 19.3 Å². The van der Waals surface area contributed by atoms with Crippen LogP contribution in [0.4, 0.5) is 5.95 Å². The third-order valence-corrected chi connectivity index (χ3v) is 2.27. The SMILES string of the molecule is CCC(CN)c1nnc(NC)n1C. The molecule has 0 radical (unpaired) electrons. The van der Waals surface area contributed by atoms with E-state index in [4.69, 9.17) is 5.73 Å². The normalized spacial score (nSPS) is 12.9. The maximum Gasteiger partial charge on any atom is 0.224 e. The van der Waals surface area contributed by atoms with Crippen LogP contribution in [0, 0.1) is 0 Å². The lowest BCUT2D eigenvalue weighted by Gasteiger charge is -2.11. The average Bonchev–Trinajstić information content (AvgIpc) is 2.50. The number of hydrogen-bond acceptors (Lipinski definition) is 4. The lowest BCUT2D eigenvalue weighted by atomic mass is 10.1. The first kappa shape index (κ1) is 9.98. The van der Waals surface area contributed by atoms with E-state index in [0.29, 0.717) is 12.5 Å². The van der Waals surface area contributed by atoms with Crippen LogP contribution in [-0.4, -0.2) is 28.4 Å². The Morgan fingerprint density at radius 1 is 1.54 bits per heavy atom. The maximum atomic E-state index is 5.63. The summed E-state index contributed by atoms with van der Waals surface area (Å²) < 4.78 is 1.95. The summed E-state index contributed by atoms with van der Waals surface area (Å²) in [5.74, 6) is 2.04. The van der Waals surface area contributed by atoms with Crippen LogP contribution in [0.3, 0.4) is 0 Å². The van der Waals surface area contributed by atoms with E-state index in [2.05, 4.69) is 22.4 Å². The van der Waals surface area contributed by atoms with E-state index in [-0.39, 0.29) is 0 Å². The minimum atomic E-state index is 0.305. The Bertz CT molecular complexity index is 263. The van der Waals surface area contributed by atoms with Gasteiger partial charge in [-0.25, -0.2) is 0 Å². The first-order valence-corrected chi connectivity index (χ1v) is 4.51. The van der Waals surface area contributed by atoms with Crippen LogP contribution in [-0.2, 0) is 7.05 Å². The molecule has 5 heteroatoms. The highest BCUT2D eigenvalue weighted by Gasteiger charge is 2.15. The van der Waals surface area contributed by atoms with Crippen molar-refractivity contribution in [2.24, 2.45) is 12.8 Å². The Morgan fingerprint density at radius 3 is 2.62 bits per heavy atom. The second kappa shape index (κ2) is 4.23. The molecule has 1 aromatic rings. The van der Waals surface area contributed by atoms with E-state index >= 15 is 0 Å². The molecule has 0 spiro atoms. The minimum Gasteiger partial charge on any atom is -0.357 e. The molecule has 74 valence electrons. The molecule has 1 atom stereocenters. The lowest BCUT2D eigenvalue weighted by Crippen LogP contribution is -2.16. The summed E-state index contributed by atoms with van der Waals surface area (Å²) in [6, 6.07) is 0. The van der Waals surface area contributed by atoms with Crippen LogP contribution < -0.4 is 11.1 Å². The van der Waals surface area contributed by atoms with E-state index in [1.165, 1.54) is 0 Å². The zero-order chi connectivity index (χ0) is 9.84. The second-order valence-corrected chi connectivity index (χ2v) is 3.03. The fraction of sp³-hybridized carbons (Fsp3) is 0.750. The summed E-state index contributed by atoms with van der Waals surface area (Å²) >= 11 is 0. The highest BCUT2D eigenvalue weighted by molar-refractivity contribution is 5.24. The summed E-state index contributed by atoms with van der Waals surface area (Å²) in [4.78, 5) is 0. The summed E-state index contributed by atoms with van der Waals surface area (Å²) in [5.41, 5.74) is 5.63. The van der Waals surface area contributed by atoms with Crippen molar-refractivity contribution in [3.05, 3.63) is 5.82 Å². The summed E-state index contributed by atoms with van der Waals surface area (Å²) in [6.07, 6.45) is 0.992. The van der Waals surface area contributed by atoms with Crippen molar-refractivity contribution < 1.29 is 0 Å². The minimum absolute atomic E-state index is 0.305. The van der Waals surface area contributed by atoms with Gasteiger partial charge < -0.3 is 15.6 Å². The molecular formula is C8H17N5. The maximum absolute atomic E-state index is 5.63. The predicted octanol–water partition coefficient (Wildman–Crippen LogP) is 0.309. The Labute approximate surface area is 78.3 Å².